The molecule has 0 radical (unpaired) electrons. The molecule has 0 fully saturated rings. The van der Waals surface area contributed by atoms with Gasteiger partial charge in [0.25, 0.3) is 0 Å². The zero-order chi connectivity index (χ0) is 21.8. The molecule has 0 bridgehead atoms. The standard InChI is InChI=1S/C24H19Cl2N3O2/c25-20-9-5-16(13-21(20)26)2-1-15-3-7-18(8-4-15)29-22-10-6-17(14-19(22)24(30)31)23-27-11-12-28-23/h3-14,29H,1-2H2,(H,27,28)(H,30,31). The summed E-state index contributed by atoms with van der Waals surface area (Å²) in [6.45, 7) is 0. The van der Waals surface area contributed by atoms with Crippen LogP contribution in [0.1, 0.15) is 21.5 Å². The molecular weight excluding hydrogens is 433 g/mol. The molecule has 0 aliphatic rings. The highest BCUT2D eigenvalue weighted by atomic mass is 35.5. The van der Waals surface area contributed by atoms with Crippen molar-refractivity contribution >= 4 is 40.5 Å². The zero-order valence-electron chi connectivity index (χ0n) is 16.4. The molecule has 0 spiro atoms. The quantitative estimate of drug-likeness (QED) is 0.295. The van der Waals surface area contributed by atoms with E-state index in [2.05, 4.69) is 15.3 Å². The SMILES string of the molecule is O=C(O)c1cc(-c2ncc[nH]2)ccc1Nc1ccc(CCc2ccc(Cl)c(Cl)c2)cc1. The summed E-state index contributed by atoms with van der Waals surface area (Å²) < 4.78 is 0. The predicted molar refractivity (Wildman–Crippen MR) is 125 cm³/mol. The number of aromatic carboxylic acids is 1. The number of hydrogen-bond donors (Lipinski definition) is 3. The largest absolute Gasteiger partial charge is 0.478 e. The van der Waals surface area contributed by atoms with Crippen molar-refractivity contribution < 1.29 is 9.90 Å². The Morgan fingerprint density at radius 2 is 1.68 bits per heavy atom. The molecule has 0 unspecified atom stereocenters. The van der Waals surface area contributed by atoms with Crippen molar-refractivity contribution in [3.05, 3.63) is 99.8 Å². The van der Waals surface area contributed by atoms with Crippen molar-refractivity contribution in [1.29, 1.82) is 0 Å². The topological polar surface area (TPSA) is 78.0 Å². The first-order valence-electron chi connectivity index (χ1n) is 9.66. The average Bonchev–Trinajstić information content (AvgIpc) is 3.31. The van der Waals surface area contributed by atoms with E-state index in [0.29, 0.717) is 27.1 Å². The monoisotopic (exact) mass is 451 g/mol. The number of rotatable bonds is 7. The fourth-order valence-electron chi connectivity index (χ4n) is 3.29. The molecule has 31 heavy (non-hydrogen) atoms. The Labute approximate surface area is 189 Å². The summed E-state index contributed by atoms with van der Waals surface area (Å²) in [6.07, 6.45) is 5.04. The van der Waals surface area contributed by atoms with Crippen LogP contribution in [0.3, 0.4) is 0 Å². The van der Waals surface area contributed by atoms with Crippen molar-refractivity contribution in [3.8, 4) is 11.4 Å². The first-order chi connectivity index (χ1) is 15.0. The van der Waals surface area contributed by atoms with Crippen LogP contribution in [0.4, 0.5) is 11.4 Å². The number of carboxylic acids is 1. The number of nitrogens with one attached hydrogen (secondary N) is 2. The number of nitrogens with zero attached hydrogens (tertiary/aromatic N) is 1. The molecule has 5 nitrogen and oxygen atoms in total. The number of aromatic amines is 1. The van der Waals surface area contributed by atoms with Gasteiger partial charge in [0.1, 0.15) is 5.82 Å². The molecule has 7 heteroatoms. The molecular formula is C24H19Cl2N3O2. The highest BCUT2D eigenvalue weighted by molar-refractivity contribution is 6.42. The number of hydrogen-bond acceptors (Lipinski definition) is 3. The van der Waals surface area contributed by atoms with Crippen molar-refractivity contribution in [2.45, 2.75) is 12.8 Å². The summed E-state index contributed by atoms with van der Waals surface area (Å²) in [6, 6.07) is 18.8. The van der Waals surface area contributed by atoms with Gasteiger partial charge in [0.2, 0.25) is 0 Å². The van der Waals surface area contributed by atoms with Gasteiger partial charge in [-0.2, -0.15) is 0 Å². The number of anilines is 2. The third-order valence-electron chi connectivity index (χ3n) is 4.94. The smallest absolute Gasteiger partial charge is 0.337 e. The van der Waals surface area contributed by atoms with Crippen molar-refractivity contribution in [2.24, 2.45) is 0 Å². The summed E-state index contributed by atoms with van der Waals surface area (Å²) in [5.74, 6) is -0.380. The Balaban J connectivity index is 1.46. The minimum Gasteiger partial charge on any atom is -0.478 e. The number of aromatic nitrogens is 2. The van der Waals surface area contributed by atoms with Crippen LogP contribution >= 0.6 is 23.2 Å². The summed E-state index contributed by atoms with van der Waals surface area (Å²) >= 11 is 12.0. The van der Waals surface area contributed by atoms with E-state index in [9.17, 15) is 9.90 Å². The van der Waals surface area contributed by atoms with Crippen LogP contribution in [0.2, 0.25) is 10.0 Å². The van der Waals surface area contributed by atoms with Crippen LogP contribution in [-0.4, -0.2) is 21.0 Å². The number of carboxylic acid groups (broad SMARTS) is 1. The van der Waals surface area contributed by atoms with E-state index in [0.717, 1.165) is 24.1 Å². The molecule has 0 saturated heterocycles. The Morgan fingerprint density at radius 1 is 0.935 bits per heavy atom. The molecule has 3 N–H and O–H groups in total. The van der Waals surface area contributed by atoms with E-state index in [4.69, 9.17) is 23.2 Å². The van der Waals surface area contributed by atoms with Gasteiger partial charge in [-0.05, 0) is 66.4 Å². The Hall–Kier alpha value is -3.28. The lowest BCUT2D eigenvalue weighted by Crippen LogP contribution is -2.03. The molecule has 1 heterocycles. The van der Waals surface area contributed by atoms with Gasteiger partial charge < -0.3 is 15.4 Å². The van der Waals surface area contributed by atoms with Crippen LogP contribution < -0.4 is 5.32 Å². The molecule has 0 amide bonds. The van der Waals surface area contributed by atoms with Gasteiger partial charge in [-0.1, -0.05) is 41.4 Å². The fourth-order valence-corrected chi connectivity index (χ4v) is 3.62. The number of benzene rings is 3. The highest BCUT2D eigenvalue weighted by Crippen LogP contribution is 2.27. The molecule has 4 aromatic rings. The molecule has 3 aromatic carbocycles. The van der Waals surface area contributed by atoms with Crippen molar-refractivity contribution in [1.82, 2.24) is 9.97 Å². The first kappa shape index (κ1) is 21.0. The predicted octanol–water partition coefficient (Wildman–Crippen LogP) is 6.61. The summed E-state index contributed by atoms with van der Waals surface area (Å²) in [5.41, 5.74) is 4.52. The second-order valence-corrected chi connectivity index (χ2v) is 7.89. The van der Waals surface area contributed by atoms with Crippen LogP contribution in [0.5, 0.6) is 0 Å². The van der Waals surface area contributed by atoms with Gasteiger partial charge in [0, 0.05) is 23.6 Å². The molecule has 0 aliphatic heterocycles. The third kappa shape index (κ3) is 5.08. The van der Waals surface area contributed by atoms with E-state index in [-0.39, 0.29) is 5.56 Å². The average molecular weight is 452 g/mol. The zero-order valence-corrected chi connectivity index (χ0v) is 17.9. The lowest BCUT2D eigenvalue weighted by molar-refractivity contribution is 0.0698. The Bertz CT molecular complexity index is 1210. The van der Waals surface area contributed by atoms with E-state index in [1.807, 2.05) is 48.5 Å². The van der Waals surface area contributed by atoms with Gasteiger partial charge in [0.15, 0.2) is 0 Å². The maximum Gasteiger partial charge on any atom is 0.337 e. The molecule has 156 valence electrons. The number of imidazole rings is 1. The minimum atomic E-state index is -1.01. The summed E-state index contributed by atoms with van der Waals surface area (Å²) in [4.78, 5) is 18.9. The molecule has 1 aromatic heterocycles. The van der Waals surface area contributed by atoms with E-state index in [1.165, 1.54) is 5.56 Å². The molecule has 4 rings (SSSR count). The summed E-state index contributed by atoms with van der Waals surface area (Å²) in [5, 5.41) is 13.9. The van der Waals surface area contributed by atoms with Gasteiger partial charge in [-0.15, -0.1) is 0 Å². The fraction of sp³-hybridized carbons (Fsp3) is 0.0833. The second kappa shape index (κ2) is 9.25. The third-order valence-corrected chi connectivity index (χ3v) is 5.68. The lowest BCUT2D eigenvalue weighted by atomic mass is 10.0. The highest BCUT2D eigenvalue weighted by Gasteiger charge is 2.13. The van der Waals surface area contributed by atoms with Crippen LogP contribution in [0, 0.1) is 0 Å². The normalized spacial score (nSPS) is 10.8. The van der Waals surface area contributed by atoms with E-state index in [1.54, 1.807) is 24.5 Å². The van der Waals surface area contributed by atoms with E-state index < -0.39 is 5.97 Å². The van der Waals surface area contributed by atoms with E-state index >= 15 is 0 Å². The van der Waals surface area contributed by atoms with Gasteiger partial charge in [0.05, 0.1) is 21.3 Å². The minimum absolute atomic E-state index is 0.178. The Kier molecular flexibility index (Phi) is 6.26. The summed E-state index contributed by atoms with van der Waals surface area (Å²) in [7, 11) is 0. The Morgan fingerprint density at radius 3 is 2.35 bits per heavy atom. The van der Waals surface area contributed by atoms with Crippen molar-refractivity contribution in [3.63, 3.8) is 0 Å². The second-order valence-electron chi connectivity index (χ2n) is 7.07. The van der Waals surface area contributed by atoms with Gasteiger partial charge >= 0.3 is 5.97 Å². The number of aryl methyl sites for hydroxylation is 2. The number of carbonyl (C=O) groups is 1. The maximum atomic E-state index is 11.8. The number of H-pyrrole nitrogens is 1. The molecule has 0 saturated carbocycles. The lowest BCUT2D eigenvalue weighted by Gasteiger charge is -2.12. The van der Waals surface area contributed by atoms with Crippen LogP contribution in [-0.2, 0) is 12.8 Å². The maximum absolute atomic E-state index is 11.8. The van der Waals surface area contributed by atoms with Crippen LogP contribution in [0.25, 0.3) is 11.4 Å². The molecule has 0 atom stereocenters. The number of halogens is 2. The van der Waals surface area contributed by atoms with Gasteiger partial charge in [-0.25, -0.2) is 9.78 Å². The first-order valence-corrected chi connectivity index (χ1v) is 10.4. The van der Waals surface area contributed by atoms with Crippen molar-refractivity contribution in [2.75, 3.05) is 5.32 Å². The molecule has 0 aliphatic carbocycles. The van der Waals surface area contributed by atoms with Gasteiger partial charge in [-0.3, -0.25) is 0 Å². The van der Waals surface area contributed by atoms with Crippen LogP contribution in [0.15, 0.2) is 73.1 Å².